The Bertz CT molecular complexity index is 511. The average Bonchev–Trinajstić information content (AvgIpc) is 2.82. The number of amides is 2. The van der Waals surface area contributed by atoms with E-state index in [4.69, 9.17) is 5.73 Å². The summed E-state index contributed by atoms with van der Waals surface area (Å²) < 4.78 is 0. The summed E-state index contributed by atoms with van der Waals surface area (Å²) in [6, 6.07) is -0.604. The number of aryl methyl sites for hydroxylation is 1. The first-order valence-corrected chi connectivity index (χ1v) is 7.78. The number of nitrogens with zero attached hydrogens (tertiary/aromatic N) is 1. The second kappa shape index (κ2) is 7.00. The third-order valence-electron chi connectivity index (χ3n) is 3.05. The molecule has 0 aliphatic carbocycles. The van der Waals surface area contributed by atoms with Gasteiger partial charge < -0.3 is 16.4 Å². The van der Waals surface area contributed by atoms with E-state index in [-0.39, 0.29) is 24.3 Å². The number of rotatable bonds is 6. The van der Waals surface area contributed by atoms with Crippen LogP contribution in [-0.2, 0) is 15.1 Å². The molecule has 1 aromatic rings. The number of hydrogen-bond donors (Lipinski definition) is 3. The van der Waals surface area contributed by atoms with Crippen molar-refractivity contribution < 1.29 is 9.59 Å². The van der Waals surface area contributed by atoms with Gasteiger partial charge in [-0.25, -0.2) is 4.98 Å². The second-order valence-corrected chi connectivity index (χ2v) is 6.81. The van der Waals surface area contributed by atoms with Crippen LogP contribution in [0.3, 0.4) is 0 Å². The molecule has 0 spiro atoms. The van der Waals surface area contributed by atoms with Crippen molar-refractivity contribution >= 4 is 23.2 Å². The van der Waals surface area contributed by atoms with E-state index in [0.717, 1.165) is 10.7 Å². The summed E-state index contributed by atoms with van der Waals surface area (Å²) >= 11 is 1.50. The van der Waals surface area contributed by atoms with Gasteiger partial charge in [0, 0.05) is 11.1 Å². The fourth-order valence-electron chi connectivity index (χ4n) is 1.68. The maximum Gasteiger partial charge on any atom is 0.240 e. The van der Waals surface area contributed by atoms with Crippen LogP contribution in [0.1, 0.15) is 38.4 Å². The van der Waals surface area contributed by atoms with E-state index < -0.39 is 11.6 Å². The van der Waals surface area contributed by atoms with Crippen LogP contribution in [0.2, 0.25) is 0 Å². The number of hydrogen-bond acceptors (Lipinski definition) is 5. The van der Waals surface area contributed by atoms with Crippen LogP contribution < -0.4 is 16.4 Å². The highest BCUT2D eigenvalue weighted by Gasteiger charge is 2.26. The van der Waals surface area contributed by atoms with Gasteiger partial charge in [0.25, 0.3) is 0 Å². The molecule has 1 heterocycles. The zero-order valence-corrected chi connectivity index (χ0v) is 14.0. The molecule has 6 nitrogen and oxygen atoms in total. The fraction of sp³-hybridized carbons (Fsp3) is 0.643. The van der Waals surface area contributed by atoms with Crippen molar-refractivity contribution in [2.75, 3.05) is 6.54 Å². The van der Waals surface area contributed by atoms with Gasteiger partial charge in [0.15, 0.2) is 0 Å². The number of thiazole rings is 1. The molecule has 0 radical (unpaired) electrons. The minimum atomic E-state index is -0.604. The standard InChI is InChI=1S/C14H24N4O2S/c1-8(2)11(15)12(20)16-6-10(19)18-14(4,5)13-17-9(3)7-21-13/h7-8,11H,6,15H2,1-5H3,(H,16,20)(H,18,19)/t11-/m0/s1. The molecule has 1 aromatic heterocycles. The third kappa shape index (κ3) is 5.09. The monoisotopic (exact) mass is 312 g/mol. The SMILES string of the molecule is Cc1csc(C(C)(C)NC(=O)CNC(=O)[C@@H](N)C(C)C)n1. The first-order valence-electron chi connectivity index (χ1n) is 6.90. The Morgan fingerprint density at radius 3 is 2.52 bits per heavy atom. The highest BCUT2D eigenvalue weighted by atomic mass is 32.1. The van der Waals surface area contributed by atoms with Gasteiger partial charge in [-0.3, -0.25) is 9.59 Å². The topological polar surface area (TPSA) is 97.1 Å². The molecule has 118 valence electrons. The Kier molecular flexibility index (Phi) is 5.86. The highest BCUT2D eigenvalue weighted by molar-refractivity contribution is 7.09. The molecule has 1 rings (SSSR count). The van der Waals surface area contributed by atoms with Crippen LogP contribution in [0.25, 0.3) is 0 Å². The molecule has 0 aromatic carbocycles. The van der Waals surface area contributed by atoms with Gasteiger partial charge in [-0.05, 0) is 26.7 Å². The van der Waals surface area contributed by atoms with Gasteiger partial charge in [-0.1, -0.05) is 13.8 Å². The predicted molar refractivity (Wildman–Crippen MR) is 83.8 cm³/mol. The zero-order valence-electron chi connectivity index (χ0n) is 13.2. The molecule has 0 bridgehead atoms. The second-order valence-electron chi connectivity index (χ2n) is 5.95. The molecule has 21 heavy (non-hydrogen) atoms. The first kappa shape index (κ1) is 17.6. The van der Waals surface area contributed by atoms with Crippen LogP contribution in [-0.4, -0.2) is 29.4 Å². The van der Waals surface area contributed by atoms with Crippen molar-refractivity contribution in [2.45, 2.75) is 46.2 Å². The van der Waals surface area contributed by atoms with Gasteiger partial charge in [-0.2, -0.15) is 0 Å². The van der Waals surface area contributed by atoms with Gasteiger partial charge >= 0.3 is 0 Å². The zero-order chi connectivity index (χ0) is 16.2. The Morgan fingerprint density at radius 1 is 1.43 bits per heavy atom. The van der Waals surface area contributed by atoms with Gasteiger partial charge in [0.05, 0.1) is 18.1 Å². The van der Waals surface area contributed by atoms with Crippen LogP contribution in [0.5, 0.6) is 0 Å². The molecule has 4 N–H and O–H groups in total. The van der Waals surface area contributed by atoms with Crippen molar-refractivity contribution in [3.8, 4) is 0 Å². The molecule has 0 unspecified atom stereocenters. The lowest BCUT2D eigenvalue weighted by molar-refractivity contribution is -0.128. The highest BCUT2D eigenvalue weighted by Crippen LogP contribution is 2.23. The van der Waals surface area contributed by atoms with Crippen molar-refractivity contribution in [1.82, 2.24) is 15.6 Å². The normalized spacial score (nSPS) is 13.1. The lowest BCUT2D eigenvalue weighted by atomic mass is 10.1. The van der Waals surface area contributed by atoms with E-state index in [1.54, 1.807) is 0 Å². The molecule has 7 heteroatoms. The summed E-state index contributed by atoms with van der Waals surface area (Å²) in [5.41, 5.74) is 6.07. The molecule has 0 aliphatic rings. The van der Waals surface area contributed by atoms with Gasteiger partial charge in [0.2, 0.25) is 11.8 Å². The smallest absolute Gasteiger partial charge is 0.240 e. The lowest BCUT2D eigenvalue weighted by Gasteiger charge is -2.24. The van der Waals surface area contributed by atoms with E-state index in [0.29, 0.717) is 0 Å². The Hall–Kier alpha value is -1.47. The molecule has 1 atom stereocenters. The number of carbonyl (C=O) groups is 2. The quantitative estimate of drug-likeness (QED) is 0.727. The van der Waals surface area contributed by atoms with E-state index in [1.807, 2.05) is 40.0 Å². The molecule has 0 saturated heterocycles. The number of nitrogens with two attached hydrogens (primary N) is 1. The van der Waals surface area contributed by atoms with Crippen molar-refractivity contribution in [1.29, 1.82) is 0 Å². The maximum atomic E-state index is 11.9. The fourth-order valence-corrected chi connectivity index (χ4v) is 2.55. The summed E-state index contributed by atoms with van der Waals surface area (Å²) in [6.45, 7) is 9.30. The van der Waals surface area contributed by atoms with Crippen LogP contribution >= 0.6 is 11.3 Å². The van der Waals surface area contributed by atoms with Gasteiger partial charge in [-0.15, -0.1) is 11.3 Å². The number of carbonyl (C=O) groups excluding carboxylic acids is 2. The van der Waals surface area contributed by atoms with E-state index in [2.05, 4.69) is 15.6 Å². The molecule has 2 amide bonds. The first-order chi connectivity index (χ1) is 9.63. The van der Waals surface area contributed by atoms with E-state index >= 15 is 0 Å². The summed E-state index contributed by atoms with van der Waals surface area (Å²) in [5, 5.41) is 8.18. The molecule has 0 aliphatic heterocycles. The summed E-state index contributed by atoms with van der Waals surface area (Å²) in [5.74, 6) is -0.553. The average molecular weight is 312 g/mol. The molecular formula is C14H24N4O2S. The van der Waals surface area contributed by atoms with Crippen LogP contribution in [0.4, 0.5) is 0 Å². The van der Waals surface area contributed by atoms with E-state index in [1.165, 1.54) is 11.3 Å². The predicted octanol–water partition coefficient (Wildman–Crippen LogP) is 0.902. The minimum Gasteiger partial charge on any atom is -0.346 e. The van der Waals surface area contributed by atoms with Crippen LogP contribution in [0.15, 0.2) is 5.38 Å². The Morgan fingerprint density at radius 2 is 2.05 bits per heavy atom. The number of aromatic nitrogens is 1. The summed E-state index contributed by atoms with van der Waals surface area (Å²) in [6.07, 6.45) is 0. The Balaban J connectivity index is 2.52. The van der Waals surface area contributed by atoms with Crippen molar-refractivity contribution in [3.63, 3.8) is 0 Å². The largest absolute Gasteiger partial charge is 0.346 e. The Labute approximate surface area is 129 Å². The minimum absolute atomic E-state index is 0.0304. The van der Waals surface area contributed by atoms with Crippen molar-refractivity contribution in [3.05, 3.63) is 16.1 Å². The van der Waals surface area contributed by atoms with Crippen molar-refractivity contribution in [2.24, 2.45) is 11.7 Å². The maximum absolute atomic E-state index is 11.9. The molecular weight excluding hydrogens is 288 g/mol. The van der Waals surface area contributed by atoms with Gasteiger partial charge in [0.1, 0.15) is 5.01 Å². The molecule has 0 fully saturated rings. The number of nitrogens with one attached hydrogen (secondary N) is 2. The third-order valence-corrected chi connectivity index (χ3v) is 4.33. The lowest BCUT2D eigenvalue weighted by Crippen LogP contribution is -2.50. The van der Waals surface area contributed by atoms with Crippen LogP contribution in [0, 0.1) is 12.8 Å². The molecule has 0 saturated carbocycles. The summed E-state index contributed by atoms with van der Waals surface area (Å²) in [7, 11) is 0. The van der Waals surface area contributed by atoms with E-state index in [9.17, 15) is 9.59 Å². The summed E-state index contributed by atoms with van der Waals surface area (Å²) in [4.78, 5) is 28.0.